The van der Waals surface area contributed by atoms with E-state index in [0.29, 0.717) is 23.0 Å². The second kappa shape index (κ2) is 7.00. The second-order valence-electron chi connectivity index (χ2n) is 6.19. The summed E-state index contributed by atoms with van der Waals surface area (Å²) >= 11 is 5.90. The number of aromatic nitrogens is 2. The van der Waals surface area contributed by atoms with Gasteiger partial charge in [-0.15, -0.1) is 0 Å². The van der Waals surface area contributed by atoms with E-state index < -0.39 is 5.82 Å². The van der Waals surface area contributed by atoms with Crippen molar-refractivity contribution in [2.24, 2.45) is 0 Å². The molecule has 0 aliphatic carbocycles. The summed E-state index contributed by atoms with van der Waals surface area (Å²) in [6, 6.07) is 11.5. The number of amides is 1. The summed E-state index contributed by atoms with van der Waals surface area (Å²) in [5.41, 5.74) is 1.22. The van der Waals surface area contributed by atoms with E-state index in [9.17, 15) is 9.18 Å². The lowest BCUT2D eigenvalue weighted by Crippen LogP contribution is -2.24. The summed E-state index contributed by atoms with van der Waals surface area (Å²) < 4.78 is 24.1. The Bertz CT molecular complexity index is 990. The molecular weight excluding hydrogens is 373 g/mol. The zero-order valence-corrected chi connectivity index (χ0v) is 15.1. The Labute approximate surface area is 159 Å². The van der Waals surface area contributed by atoms with Gasteiger partial charge in [0.15, 0.2) is 17.4 Å². The lowest BCUT2D eigenvalue weighted by Gasteiger charge is -2.16. The summed E-state index contributed by atoms with van der Waals surface area (Å²) in [7, 11) is 1.40. The first-order valence-corrected chi connectivity index (χ1v) is 8.66. The fraction of sp³-hybridized carbons (Fsp3) is 0.211. The molecule has 138 valence electrons. The third-order valence-corrected chi connectivity index (χ3v) is 4.72. The highest BCUT2D eigenvalue weighted by Crippen LogP contribution is 2.32. The Morgan fingerprint density at radius 3 is 2.74 bits per heavy atom. The predicted molar refractivity (Wildman–Crippen MR) is 97.4 cm³/mol. The highest BCUT2D eigenvalue weighted by molar-refractivity contribution is 6.30. The van der Waals surface area contributed by atoms with Gasteiger partial charge in [0, 0.05) is 35.2 Å². The van der Waals surface area contributed by atoms with E-state index in [1.54, 1.807) is 35.2 Å². The topological polar surface area (TPSA) is 68.5 Å². The Balaban J connectivity index is 1.54. The van der Waals surface area contributed by atoms with E-state index in [-0.39, 0.29) is 29.9 Å². The van der Waals surface area contributed by atoms with E-state index in [4.69, 9.17) is 20.9 Å². The van der Waals surface area contributed by atoms with E-state index in [0.717, 1.165) is 5.69 Å². The van der Waals surface area contributed by atoms with Crippen LogP contribution in [0.3, 0.4) is 0 Å². The molecule has 3 aromatic rings. The number of anilines is 1. The molecule has 1 amide bonds. The van der Waals surface area contributed by atoms with Gasteiger partial charge in [0.05, 0.1) is 7.11 Å². The Kier molecular flexibility index (Phi) is 4.53. The van der Waals surface area contributed by atoms with Crippen LogP contribution < -0.4 is 9.64 Å². The monoisotopic (exact) mass is 387 g/mol. The van der Waals surface area contributed by atoms with Gasteiger partial charge in [-0.05, 0) is 42.5 Å². The third kappa shape index (κ3) is 3.38. The molecule has 0 bridgehead atoms. The molecule has 0 spiro atoms. The molecule has 2 heterocycles. The van der Waals surface area contributed by atoms with Crippen LogP contribution in [-0.4, -0.2) is 29.7 Å². The van der Waals surface area contributed by atoms with Gasteiger partial charge in [-0.1, -0.05) is 16.8 Å². The van der Waals surface area contributed by atoms with Crippen LogP contribution in [0.25, 0.3) is 11.5 Å². The van der Waals surface area contributed by atoms with Gasteiger partial charge in [0.1, 0.15) is 0 Å². The number of hydrogen-bond donors (Lipinski definition) is 0. The van der Waals surface area contributed by atoms with Crippen LogP contribution in [0.2, 0.25) is 5.02 Å². The van der Waals surface area contributed by atoms with E-state index in [1.165, 1.54) is 19.2 Å². The van der Waals surface area contributed by atoms with E-state index in [1.807, 2.05) is 0 Å². The number of halogens is 2. The molecular formula is C19H15ClFN3O3. The average molecular weight is 388 g/mol. The number of methoxy groups -OCH3 is 1. The highest BCUT2D eigenvalue weighted by Gasteiger charge is 2.34. The van der Waals surface area contributed by atoms with Crippen LogP contribution in [0.15, 0.2) is 47.0 Å². The Hall–Kier alpha value is -2.93. The van der Waals surface area contributed by atoms with Crippen molar-refractivity contribution in [3.8, 4) is 17.2 Å². The quantitative estimate of drug-likeness (QED) is 0.675. The Morgan fingerprint density at radius 2 is 2.04 bits per heavy atom. The summed E-state index contributed by atoms with van der Waals surface area (Å²) in [4.78, 5) is 18.4. The number of hydrogen-bond acceptors (Lipinski definition) is 5. The largest absolute Gasteiger partial charge is 0.494 e. The highest BCUT2D eigenvalue weighted by atomic mass is 35.5. The lowest BCUT2D eigenvalue weighted by molar-refractivity contribution is -0.117. The van der Waals surface area contributed by atoms with Crippen molar-refractivity contribution in [3.05, 3.63) is 59.1 Å². The van der Waals surface area contributed by atoms with Crippen LogP contribution in [0.4, 0.5) is 10.1 Å². The molecule has 6 nitrogen and oxygen atoms in total. The lowest BCUT2D eigenvalue weighted by atomic mass is 10.1. The summed E-state index contributed by atoms with van der Waals surface area (Å²) in [5, 5.41) is 4.59. The number of nitrogens with zero attached hydrogens (tertiary/aromatic N) is 3. The molecule has 0 N–H and O–H groups in total. The molecule has 0 radical (unpaired) electrons. The van der Waals surface area contributed by atoms with Crippen LogP contribution in [0.1, 0.15) is 18.2 Å². The molecule has 0 unspecified atom stereocenters. The number of rotatable bonds is 4. The first-order chi connectivity index (χ1) is 13.0. The molecule has 2 aromatic carbocycles. The molecule has 27 heavy (non-hydrogen) atoms. The SMILES string of the molecule is COc1ccc(-c2nc([C@@H]3CC(=O)N(c4ccc(Cl)cc4)C3)no2)cc1F. The van der Waals surface area contributed by atoms with Crippen molar-refractivity contribution >= 4 is 23.2 Å². The predicted octanol–water partition coefficient (Wildman–Crippen LogP) is 4.06. The standard InChI is InChI=1S/C19H15ClFN3O3/c1-26-16-7-2-11(8-15(16)21)19-22-18(23-27-19)12-9-17(25)24(10-12)14-5-3-13(20)4-6-14/h2-8,12H,9-10H2,1H3/t12-/m1/s1. The maximum Gasteiger partial charge on any atom is 0.258 e. The van der Waals surface area contributed by atoms with Crippen molar-refractivity contribution in [2.45, 2.75) is 12.3 Å². The number of carbonyl (C=O) groups excluding carboxylic acids is 1. The molecule has 8 heteroatoms. The van der Waals surface area contributed by atoms with Crippen molar-refractivity contribution in [2.75, 3.05) is 18.6 Å². The molecule has 1 fully saturated rings. The summed E-state index contributed by atoms with van der Waals surface area (Å²) in [6.45, 7) is 0.441. The normalized spacial score (nSPS) is 16.8. The fourth-order valence-corrected chi connectivity index (χ4v) is 3.19. The summed E-state index contributed by atoms with van der Waals surface area (Å²) in [6.07, 6.45) is 0.276. The number of carbonyl (C=O) groups is 1. The van der Waals surface area contributed by atoms with Gasteiger partial charge in [-0.25, -0.2) is 4.39 Å². The minimum atomic E-state index is -0.514. The smallest absolute Gasteiger partial charge is 0.258 e. The maximum absolute atomic E-state index is 13.9. The molecule has 1 saturated heterocycles. The minimum absolute atomic E-state index is 0.0239. The van der Waals surface area contributed by atoms with Crippen molar-refractivity contribution in [3.63, 3.8) is 0 Å². The van der Waals surface area contributed by atoms with Crippen molar-refractivity contribution in [1.82, 2.24) is 10.1 Å². The molecule has 1 aromatic heterocycles. The first-order valence-electron chi connectivity index (χ1n) is 8.28. The fourth-order valence-electron chi connectivity index (χ4n) is 3.07. The zero-order valence-electron chi connectivity index (χ0n) is 14.4. The zero-order chi connectivity index (χ0) is 19.0. The van der Waals surface area contributed by atoms with E-state index >= 15 is 0 Å². The van der Waals surface area contributed by atoms with Gasteiger partial charge in [-0.3, -0.25) is 4.79 Å². The molecule has 4 rings (SSSR count). The van der Waals surface area contributed by atoms with Gasteiger partial charge >= 0.3 is 0 Å². The maximum atomic E-state index is 13.9. The minimum Gasteiger partial charge on any atom is -0.494 e. The number of ether oxygens (including phenoxy) is 1. The third-order valence-electron chi connectivity index (χ3n) is 4.47. The van der Waals surface area contributed by atoms with Crippen LogP contribution in [-0.2, 0) is 4.79 Å². The van der Waals surface area contributed by atoms with Gasteiger partial charge in [0.25, 0.3) is 5.89 Å². The van der Waals surface area contributed by atoms with Crippen LogP contribution >= 0.6 is 11.6 Å². The van der Waals surface area contributed by atoms with E-state index in [2.05, 4.69) is 10.1 Å². The van der Waals surface area contributed by atoms with Gasteiger partial charge in [0.2, 0.25) is 5.91 Å². The van der Waals surface area contributed by atoms with Crippen LogP contribution in [0.5, 0.6) is 5.75 Å². The Morgan fingerprint density at radius 1 is 1.26 bits per heavy atom. The first kappa shape index (κ1) is 17.5. The molecule has 1 atom stereocenters. The van der Waals surface area contributed by atoms with Gasteiger partial charge < -0.3 is 14.2 Å². The van der Waals surface area contributed by atoms with Crippen LogP contribution in [0, 0.1) is 5.82 Å². The number of benzene rings is 2. The van der Waals surface area contributed by atoms with Crippen molar-refractivity contribution < 1.29 is 18.4 Å². The molecule has 0 saturated carbocycles. The molecule has 1 aliphatic heterocycles. The second-order valence-corrected chi connectivity index (χ2v) is 6.63. The molecule has 1 aliphatic rings. The summed E-state index contributed by atoms with van der Waals surface area (Å²) in [5.74, 6) is 0.0196. The van der Waals surface area contributed by atoms with Gasteiger partial charge in [-0.2, -0.15) is 4.98 Å². The average Bonchev–Trinajstić information content (AvgIpc) is 3.29. The van der Waals surface area contributed by atoms with Crippen molar-refractivity contribution in [1.29, 1.82) is 0 Å².